The van der Waals surface area contributed by atoms with Crippen LogP contribution in [0.2, 0.25) is 5.02 Å². The summed E-state index contributed by atoms with van der Waals surface area (Å²) in [6.45, 7) is 2.15. The van der Waals surface area contributed by atoms with Crippen molar-refractivity contribution in [1.29, 1.82) is 0 Å². The number of nitrogens with two attached hydrogens (primary N) is 1. The summed E-state index contributed by atoms with van der Waals surface area (Å²) in [7, 11) is 1.70. The molecule has 102 valence electrons. The molecule has 1 fully saturated rings. The van der Waals surface area contributed by atoms with Crippen molar-refractivity contribution in [3.63, 3.8) is 0 Å². The lowest BCUT2D eigenvalue weighted by atomic mass is 9.77. The van der Waals surface area contributed by atoms with Crippen LogP contribution >= 0.6 is 11.6 Å². The van der Waals surface area contributed by atoms with E-state index in [9.17, 15) is 0 Å². The number of ether oxygens (including phenoxy) is 1. The van der Waals surface area contributed by atoms with Crippen LogP contribution in [0.4, 0.5) is 0 Å². The van der Waals surface area contributed by atoms with E-state index in [1.54, 1.807) is 13.3 Å². The van der Waals surface area contributed by atoms with Gasteiger partial charge < -0.3 is 10.5 Å². The number of hydrogen-bond donors (Lipinski definition) is 1. The number of hydrogen-bond acceptors (Lipinski definition) is 3. The van der Waals surface area contributed by atoms with Gasteiger partial charge in [-0.05, 0) is 25.3 Å². The van der Waals surface area contributed by atoms with Crippen molar-refractivity contribution in [1.82, 2.24) is 9.78 Å². The summed E-state index contributed by atoms with van der Waals surface area (Å²) in [6.07, 6.45) is 6.65. The molecule has 0 bridgehead atoms. The van der Waals surface area contributed by atoms with Gasteiger partial charge in [-0.25, -0.2) is 0 Å². The van der Waals surface area contributed by atoms with E-state index in [2.05, 4.69) is 5.10 Å². The molecule has 0 aliphatic heterocycles. The molecule has 2 N–H and O–H groups in total. The molecule has 1 saturated carbocycles. The van der Waals surface area contributed by atoms with Crippen molar-refractivity contribution in [2.24, 2.45) is 11.7 Å². The Morgan fingerprint density at radius 3 is 3.00 bits per heavy atom. The van der Waals surface area contributed by atoms with Gasteiger partial charge in [0, 0.05) is 13.0 Å². The Kier molecular flexibility index (Phi) is 5.03. The molecular formula is C13H22ClN3O. The van der Waals surface area contributed by atoms with Crippen LogP contribution in [0, 0.1) is 5.92 Å². The van der Waals surface area contributed by atoms with Crippen LogP contribution in [-0.4, -0.2) is 30.0 Å². The summed E-state index contributed by atoms with van der Waals surface area (Å²) in [5.74, 6) is 0.991. The second-order valence-corrected chi connectivity index (χ2v) is 5.39. The second-order valence-electron chi connectivity index (χ2n) is 4.98. The Bertz CT molecular complexity index is 380. The summed E-state index contributed by atoms with van der Waals surface area (Å²) in [4.78, 5) is 0. The van der Waals surface area contributed by atoms with E-state index >= 15 is 0 Å². The fraction of sp³-hybridized carbons (Fsp3) is 0.769. The van der Waals surface area contributed by atoms with E-state index in [-0.39, 0.29) is 0 Å². The average Bonchev–Trinajstić information content (AvgIpc) is 2.77. The van der Waals surface area contributed by atoms with Crippen LogP contribution in [-0.2, 0) is 11.3 Å². The number of methoxy groups -OCH3 is 1. The van der Waals surface area contributed by atoms with Crippen molar-refractivity contribution in [2.45, 2.75) is 38.1 Å². The molecule has 0 amide bonds. The maximum atomic E-state index is 6.31. The van der Waals surface area contributed by atoms with Gasteiger partial charge in [0.2, 0.25) is 0 Å². The third-order valence-electron chi connectivity index (χ3n) is 3.90. The molecule has 1 aliphatic carbocycles. The molecule has 1 aliphatic rings. The lowest BCUT2D eigenvalue weighted by Crippen LogP contribution is -2.27. The van der Waals surface area contributed by atoms with E-state index in [0.29, 0.717) is 18.4 Å². The topological polar surface area (TPSA) is 53.1 Å². The molecule has 1 aromatic heterocycles. The van der Waals surface area contributed by atoms with Crippen LogP contribution in [0.15, 0.2) is 6.20 Å². The van der Waals surface area contributed by atoms with E-state index in [0.717, 1.165) is 23.8 Å². The van der Waals surface area contributed by atoms with E-state index in [1.807, 2.05) is 4.68 Å². The minimum absolute atomic E-state index is 0.454. The molecule has 2 unspecified atom stereocenters. The molecule has 1 heterocycles. The zero-order chi connectivity index (χ0) is 13.0. The first-order chi connectivity index (χ1) is 8.77. The lowest BCUT2D eigenvalue weighted by molar-refractivity contribution is 0.180. The van der Waals surface area contributed by atoms with Crippen LogP contribution in [0.1, 0.15) is 37.3 Å². The quantitative estimate of drug-likeness (QED) is 0.895. The van der Waals surface area contributed by atoms with Crippen molar-refractivity contribution in [3.8, 4) is 0 Å². The summed E-state index contributed by atoms with van der Waals surface area (Å²) in [5, 5.41) is 5.14. The van der Waals surface area contributed by atoms with Gasteiger partial charge >= 0.3 is 0 Å². The minimum Gasteiger partial charge on any atom is -0.383 e. The Labute approximate surface area is 113 Å². The number of halogens is 1. The maximum Gasteiger partial charge on any atom is 0.0820 e. The Morgan fingerprint density at radius 2 is 2.28 bits per heavy atom. The third-order valence-corrected chi connectivity index (χ3v) is 4.19. The smallest absolute Gasteiger partial charge is 0.0820 e. The summed E-state index contributed by atoms with van der Waals surface area (Å²) >= 11 is 6.31. The van der Waals surface area contributed by atoms with Crippen molar-refractivity contribution in [2.75, 3.05) is 20.3 Å². The largest absolute Gasteiger partial charge is 0.383 e. The monoisotopic (exact) mass is 271 g/mol. The molecule has 18 heavy (non-hydrogen) atoms. The summed E-state index contributed by atoms with van der Waals surface area (Å²) < 4.78 is 7.11. The Balaban J connectivity index is 2.21. The highest BCUT2D eigenvalue weighted by Gasteiger charge is 2.29. The SMILES string of the molecule is COCCn1ncc(Cl)c1C1CCCCC1CN. The number of nitrogens with zero attached hydrogens (tertiary/aromatic N) is 2. The zero-order valence-corrected chi connectivity index (χ0v) is 11.7. The predicted molar refractivity (Wildman–Crippen MR) is 72.9 cm³/mol. The first kappa shape index (κ1) is 13.8. The van der Waals surface area contributed by atoms with Crippen molar-refractivity contribution >= 4 is 11.6 Å². The molecule has 4 nitrogen and oxygen atoms in total. The van der Waals surface area contributed by atoms with Crippen LogP contribution < -0.4 is 5.73 Å². The van der Waals surface area contributed by atoms with Crippen molar-refractivity contribution in [3.05, 3.63) is 16.9 Å². The molecule has 5 heteroatoms. The predicted octanol–water partition coefficient (Wildman–Crippen LogP) is 2.42. The average molecular weight is 272 g/mol. The minimum atomic E-state index is 0.454. The van der Waals surface area contributed by atoms with E-state index in [4.69, 9.17) is 22.1 Å². The van der Waals surface area contributed by atoms with Gasteiger partial charge in [0.15, 0.2) is 0 Å². The molecular weight excluding hydrogens is 250 g/mol. The van der Waals surface area contributed by atoms with Gasteiger partial charge in [-0.3, -0.25) is 4.68 Å². The third kappa shape index (κ3) is 2.87. The highest BCUT2D eigenvalue weighted by atomic mass is 35.5. The fourth-order valence-corrected chi connectivity index (χ4v) is 3.23. The molecule has 0 aromatic carbocycles. The standard InChI is InChI=1S/C13H22ClN3O/c1-18-7-6-17-13(12(14)9-16-17)11-5-3-2-4-10(11)8-15/h9-11H,2-8,15H2,1H3. The molecule has 0 saturated heterocycles. The maximum absolute atomic E-state index is 6.31. The highest BCUT2D eigenvalue weighted by Crippen LogP contribution is 2.39. The summed E-state index contributed by atoms with van der Waals surface area (Å²) in [6, 6.07) is 0. The van der Waals surface area contributed by atoms with Gasteiger partial charge in [0.05, 0.1) is 30.1 Å². The van der Waals surface area contributed by atoms with Gasteiger partial charge in [-0.1, -0.05) is 24.4 Å². The van der Waals surface area contributed by atoms with Gasteiger partial charge in [0.25, 0.3) is 0 Å². The normalized spacial score (nSPS) is 24.4. The van der Waals surface area contributed by atoms with Crippen LogP contribution in [0.3, 0.4) is 0 Å². The number of aromatic nitrogens is 2. The van der Waals surface area contributed by atoms with Gasteiger partial charge in [0.1, 0.15) is 0 Å². The van der Waals surface area contributed by atoms with Gasteiger partial charge in [-0.15, -0.1) is 0 Å². The molecule has 0 radical (unpaired) electrons. The Morgan fingerprint density at radius 1 is 1.50 bits per heavy atom. The molecule has 2 rings (SSSR count). The highest BCUT2D eigenvalue weighted by molar-refractivity contribution is 6.31. The van der Waals surface area contributed by atoms with Gasteiger partial charge in [-0.2, -0.15) is 5.10 Å². The van der Waals surface area contributed by atoms with Crippen LogP contribution in [0.5, 0.6) is 0 Å². The zero-order valence-electron chi connectivity index (χ0n) is 10.9. The summed E-state index contributed by atoms with van der Waals surface area (Å²) in [5.41, 5.74) is 7.06. The van der Waals surface area contributed by atoms with E-state index in [1.165, 1.54) is 25.7 Å². The molecule has 2 atom stereocenters. The van der Waals surface area contributed by atoms with Crippen LogP contribution in [0.25, 0.3) is 0 Å². The number of rotatable bonds is 5. The van der Waals surface area contributed by atoms with Crippen molar-refractivity contribution < 1.29 is 4.74 Å². The van der Waals surface area contributed by atoms with E-state index < -0.39 is 0 Å². The Hall–Kier alpha value is -0.580. The molecule has 0 spiro atoms. The first-order valence-electron chi connectivity index (χ1n) is 6.68. The molecule has 1 aromatic rings. The second kappa shape index (κ2) is 6.55. The first-order valence-corrected chi connectivity index (χ1v) is 7.06. The lowest BCUT2D eigenvalue weighted by Gasteiger charge is -2.31. The fourth-order valence-electron chi connectivity index (χ4n) is 2.95.